The number of nitrogens with one attached hydrogen (secondary N) is 1. The van der Waals surface area contributed by atoms with E-state index >= 15 is 0 Å². The van der Waals surface area contributed by atoms with Crippen LogP contribution in [0.4, 0.5) is 0 Å². The summed E-state index contributed by atoms with van der Waals surface area (Å²) in [4.78, 5) is 0. The molecule has 0 aromatic heterocycles. The molecule has 1 aliphatic rings. The molecule has 0 radical (unpaired) electrons. The van der Waals surface area contributed by atoms with E-state index in [1.54, 1.807) is 7.11 Å². The maximum absolute atomic E-state index is 5.43. The monoisotopic (exact) mass is 201 g/mol. The topological polar surface area (TPSA) is 30.5 Å². The van der Waals surface area contributed by atoms with Crippen molar-refractivity contribution in [1.29, 1.82) is 0 Å². The Balaban J connectivity index is 2.00. The fourth-order valence-corrected chi connectivity index (χ4v) is 1.73. The molecule has 0 saturated carbocycles. The van der Waals surface area contributed by atoms with Crippen LogP contribution in [-0.2, 0) is 9.47 Å². The van der Waals surface area contributed by atoms with Gasteiger partial charge < -0.3 is 14.8 Å². The highest BCUT2D eigenvalue weighted by Crippen LogP contribution is 2.12. The molecule has 1 fully saturated rings. The van der Waals surface area contributed by atoms with E-state index < -0.39 is 0 Å². The van der Waals surface area contributed by atoms with Crippen molar-refractivity contribution in [3.05, 3.63) is 0 Å². The van der Waals surface area contributed by atoms with Crippen LogP contribution in [0.25, 0.3) is 0 Å². The second-order valence-electron chi connectivity index (χ2n) is 4.17. The average Bonchev–Trinajstić information content (AvgIpc) is 2.25. The first-order valence-corrected chi connectivity index (χ1v) is 5.63. The van der Waals surface area contributed by atoms with Crippen molar-refractivity contribution in [2.24, 2.45) is 5.92 Å². The molecule has 1 saturated heterocycles. The Hall–Kier alpha value is -0.120. The zero-order valence-electron chi connectivity index (χ0n) is 9.42. The maximum Gasteiger partial charge on any atom is 0.0506 e. The Morgan fingerprint density at radius 1 is 1.57 bits per heavy atom. The number of hydrogen-bond donors (Lipinski definition) is 1. The van der Waals surface area contributed by atoms with Gasteiger partial charge in [-0.3, -0.25) is 0 Å². The van der Waals surface area contributed by atoms with E-state index in [0.29, 0.717) is 12.0 Å². The van der Waals surface area contributed by atoms with E-state index in [9.17, 15) is 0 Å². The first kappa shape index (κ1) is 12.0. The molecule has 0 amide bonds. The molecule has 1 N–H and O–H groups in total. The predicted octanol–water partition coefficient (Wildman–Crippen LogP) is 1.43. The highest BCUT2D eigenvalue weighted by molar-refractivity contribution is 4.68. The molecule has 2 atom stereocenters. The number of rotatable bonds is 6. The molecule has 0 aliphatic carbocycles. The van der Waals surface area contributed by atoms with Gasteiger partial charge in [0.25, 0.3) is 0 Å². The lowest BCUT2D eigenvalue weighted by Crippen LogP contribution is -2.35. The molecule has 3 heteroatoms. The van der Waals surface area contributed by atoms with E-state index in [1.807, 2.05) is 0 Å². The zero-order chi connectivity index (χ0) is 10.2. The molecule has 1 aliphatic heterocycles. The summed E-state index contributed by atoms with van der Waals surface area (Å²) in [6.45, 7) is 6.03. The summed E-state index contributed by atoms with van der Waals surface area (Å²) in [5, 5.41) is 3.53. The van der Waals surface area contributed by atoms with Crippen LogP contribution in [-0.4, -0.2) is 39.5 Å². The van der Waals surface area contributed by atoms with Gasteiger partial charge in [0.1, 0.15) is 0 Å². The van der Waals surface area contributed by atoms with Gasteiger partial charge in [-0.25, -0.2) is 0 Å². The van der Waals surface area contributed by atoms with Crippen LogP contribution in [0.3, 0.4) is 0 Å². The molecular weight excluding hydrogens is 178 g/mol. The molecule has 0 aromatic carbocycles. The third-order valence-electron chi connectivity index (χ3n) is 2.76. The fraction of sp³-hybridized carbons (Fsp3) is 1.00. The smallest absolute Gasteiger partial charge is 0.0506 e. The lowest BCUT2D eigenvalue weighted by molar-refractivity contribution is 0.0535. The Bertz CT molecular complexity index is 135. The SMILES string of the molecule is COCCC(C)NCC1CCCOC1. The van der Waals surface area contributed by atoms with Crippen molar-refractivity contribution < 1.29 is 9.47 Å². The minimum atomic E-state index is 0.553. The molecule has 1 rings (SSSR count). The molecule has 2 unspecified atom stereocenters. The molecule has 84 valence electrons. The second-order valence-corrected chi connectivity index (χ2v) is 4.17. The van der Waals surface area contributed by atoms with Crippen LogP contribution in [0.15, 0.2) is 0 Å². The van der Waals surface area contributed by atoms with Crippen LogP contribution in [0.2, 0.25) is 0 Å². The lowest BCUT2D eigenvalue weighted by atomic mass is 10.0. The zero-order valence-corrected chi connectivity index (χ0v) is 9.42. The van der Waals surface area contributed by atoms with E-state index in [2.05, 4.69) is 12.2 Å². The van der Waals surface area contributed by atoms with Crippen molar-refractivity contribution in [3.8, 4) is 0 Å². The standard InChI is InChI=1S/C11H23NO2/c1-10(5-7-13-2)12-8-11-4-3-6-14-9-11/h10-12H,3-9H2,1-2H3. The van der Waals surface area contributed by atoms with Crippen LogP contribution in [0.5, 0.6) is 0 Å². The summed E-state index contributed by atoms with van der Waals surface area (Å²) in [7, 11) is 1.75. The fourth-order valence-electron chi connectivity index (χ4n) is 1.73. The highest BCUT2D eigenvalue weighted by atomic mass is 16.5. The first-order chi connectivity index (χ1) is 6.83. The maximum atomic E-state index is 5.43. The Morgan fingerprint density at radius 2 is 2.43 bits per heavy atom. The van der Waals surface area contributed by atoms with Gasteiger partial charge in [-0.15, -0.1) is 0 Å². The number of hydrogen-bond acceptors (Lipinski definition) is 3. The van der Waals surface area contributed by atoms with Crippen molar-refractivity contribution >= 4 is 0 Å². The van der Waals surface area contributed by atoms with Crippen LogP contribution in [0, 0.1) is 5.92 Å². The van der Waals surface area contributed by atoms with Crippen molar-refractivity contribution in [2.75, 3.05) is 33.5 Å². The summed E-state index contributed by atoms with van der Waals surface area (Å²) < 4.78 is 10.5. The van der Waals surface area contributed by atoms with Gasteiger partial charge in [-0.05, 0) is 32.1 Å². The summed E-state index contributed by atoms with van der Waals surface area (Å²) >= 11 is 0. The molecule has 0 spiro atoms. The van der Waals surface area contributed by atoms with Crippen LogP contribution < -0.4 is 5.32 Å². The summed E-state index contributed by atoms with van der Waals surface area (Å²) in [6.07, 6.45) is 3.62. The molecule has 1 heterocycles. The van der Waals surface area contributed by atoms with Crippen LogP contribution in [0.1, 0.15) is 26.2 Å². The molecule has 3 nitrogen and oxygen atoms in total. The van der Waals surface area contributed by atoms with Gasteiger partial charge in [0.2, 0.25) is 0 Å². The quantitative estimate of drug-likeness (QED) is 0.705. The summed E-state index contributed by atoms with van der Waals surface area (Å²) in [6, 6.07) is 0.553. The minimum Gasteiger partial charge on any atom is -0.385 e. The van der Waals surface area contributed by atoms with E-state index in [4.69, 9.17) is 9.47 Å². The number of ether oxygens (including phenoxy) is 2. The molecular formula is C11H23NO2. The lowest BCUT2D eigenvalue weighted by Gasteiger charge is -2.24. The van der Waals surface area contributed by atoms with E-state index in [-0.39, 0.29) is 0 Å². The molecule has 0 aromatic rings. The third kappa shape index (κ3) is 4.94. The van der Waals surface area contributed by atoms with Gasteiger partial charge >= 0.3 is 0 Å². The van der Waals surface area contributed by atoms with Crippen LogP contribution >= 0.6 is 0 Å². The van der Waals surface area contributed by atoms with Gasteiger partial charge in [0.05, 0.1) is 6.61 Å². The highest BCUT2D eigenvalue weighted by Gasteiger charge is 2.14. The number of methoxy groups -OCH3 is 1. The predicted molar refractivity (Wildman–Crippen MR) is 57.5 cm³/mol. The van der Waals surface area contributed by atoms with E-state index in [0.717, 1.165) is 32.8 Å². The van der Waals surface area contributed by atoms with Crippen molar-refractivity contribution in [3.63, 3.8) is 0 Å². The van der Waals surface area contributed by atoms with Crippen molar-refractivity contribution in [1.82, 2.24) is 5.32 Å². The summed E-state index contributed by atoms with van der Waals surface area (Å²) in [5.41, 5.74) is 0. The van der Waals surface area contributed by atoms with Gasteiger partial charge in [-0.1, -0.05) is 0 Å². The first-order valence-electron chi connectivity index (χ1n) is 5.63. The Kier molecular flexibility index (Phi) is 6.15. The van der Waals surface area contributed by atoms with Crippen molar-refractivity contribution in [2.45, 2.75) is 32.2 Å². The van der Waals surface area contributed by atoms with Gasteiger partial charge in [0, 0.05) is 32.9 Å². The molecule has 0 bridgehead atoms. The minimum absolute atomic E-state index is 0.553. The van der Waals surface area contributed by atoms with E-state index in [1.165, 1.54) is 12.8 Å². The third-order valence-corrected chi connectivity index (χ3v) is 2.76. The second kappa shape index (κ2) is 7.21. The largest absolute Gasteiger partial charge is 0.385 e. The Labute approximate surface area is 87.2 Å². The molecule has 14 heavy (non-hydrogen) atoms. The normalized spacial score (nSPS) is 24.9. The summed E-state index contributed by atoms with van der Waals surface area (Å²) in [5.74, 6) is 0.716. The average molecular weight is 201 g/mol. The van der Waals surface area contributed by atoms with Gasteiger partial charge in [0.15, 0.2) is 0 Å². The van der Waals surface area contributed by atoms with Gasteiger partial charge in [-0.2, -0.15) is 0 Å². The Morgan fingerprint density at radius 3 is 3.07 bits per heavy atom.